The average Bonchev–Trinajstić information content (AvgIpc) is 3.36. The molecule has 0 bridgehead atoms. The topological polar surface area (TPSA) is 59.4 Å². The molecule has 1 aromatic heterocycles. The van der Waals surface area contributed by atoms with E-state index in [9.17, 15) is 4.79 Å². The van der Waals surface area contributed by atoms with Crippen LogP contribution >= 0.6 is 0 Å². The molecule has 2 heterocycles. The standard InChI is InChI=1S/C21H28N4O2/c1-14-6-5-7-15(12-14)22-19-17-13-24(20(26)27-21(2,3)4)11-10-18(17)23-25(19)16-8-9-16/h5-7,12,16,22H,8-11,13H2,1-4H3. The summed E-state index contributed by atoms with van der Waals surface area (Å²) in [5, 5.41) is 8.45. The minimum absolute atomic E-state index is 0.256. The van der Waals surface area contributed by atoms with Crippen LogP contribution in [0.25, 0.3) is 0 Å². The summed E-state index contributed by atoms with van der Waals surface area (Å²) < 4.78 is 7.70. The van der Waals surface area contributed by atoms with Crippen molar-refractivity contribution >= 4 is 17.6 Å². The van der Waals surface area contributed by atoms with Gasteiger partial charge in [-0.2, -0.15) is 5.10 Å². The van der Waals surface area contributed by atoms with Crippen LogP contribution in [-0.4, -0.2) is 32.9 Å². The molecule has 2 aliphatic rings. The molecule has 1 aliphatic carbocycles. The van der Waals surface area contributed by atoms with E-state index in [1.807, 2.05) is 20.8 Å². The third-order valence-electron chi connectivity index (χ3n) is 4.88. The molecule has 0 atom stereocenters. The second kappa shape index (κ2) is 6.59. The van der Waals surface area contributed by atoms with Gasteiger partial charge in [-0.05, 0) is 58.2 Å². The number of aryl methyl sites for hydroxylation is 1. The molecular weight excluding hydrogens is 340 g/mol. The van der Waals surface area contributed by atoms with E-state index < -0.39 is 5.60 Å². The highest BCUT2D eigenvalue weighted by Gasteiger charge is 2.34. The number of anilines is 2. The second-order valence-corrected chi connectivity index (χ2v) is 8.60. The number of amides is 1. The Kier molecular flexibility index (Phi) is 4.36. The number of nitrogens with one attached hydrogen (secondary N) is 1. The van der Waals surface area contributed by atoms with Crippen molar-refractivity contribution in [2.45, 2.75) is 65.1 Å². The number of fused-ring (bicyclic) bond motifs is 1. The fourth-order valence-electron chi connectivity index (χ4n) is 3.45. The van der Waals surface area contributed by atoms with Crippen LogP contribution in [0.4, 0.5) is 16.3 Å². The Morgan fingerprint density at radius 1 is 1.30 bits per heavy atom. The fourth-order valence-corrected chi connectivity index (χ4v) is 3.45. The van der Waals surface area contributed by atoms with E-state index in [1.165, 1.54) is 18.4 Å². The quantitative estimate of drug-likeness (QED) is 0.862. The van der Waals surface area contributed by atoms with Crippen LogP contribution < -0.4 is 5.32 Å². The summed E-state index contributed by atoms with van der Waals surface area (Å²) in [6.07, 6.45) is 2.84. The van der Waals surface area contributed by atoms with Crippen molar-refractivity contribution in [1.82, 2.24) is 14.7 Å². The van der Waals surface area contributed by atoms with Gasteiger partial charge in [-0.3, -0.25) is 0 Å². The number of benzene rings is 1. The van der Waals surface area contributed by atoms with Gasteiger partial charge in [0.1, 0.15) is 11.4 Å². The fraction of sp³-hybridized carbons (Fsp3) is 0.524. The first-order chi connectivity index (χ1) is 12.8. The van der Waals surface area contributed by atoms with Crippen LogP contribution in [0, 0.1) is 6.92 Å². The molecule has 2 aromatic rings. The molecule has 6 nitrogen and oxygen atoms in total. The largest absolute Gasteiger partial charge is 0.444 e. The van der Waals surface area contributed by atoms with Crippen LogP contribution in [0.5, 0.6) is 0 Å². The van der Waals surface area contributed by atoms with Crippen LogP contribution in [0.15, 0.2) is 24.3 Å². The lowest BCUT2D eigenvalue weighted by molar-refractivity contribution is 0.0224. The third-order valence-corrected chi connectivity index (χ3v) is 4.88. The number of aromatic nitrogens is 2. The minimum Gasteiger partial charge on any atom is -0.444 e. The van der Waals surface area contributed by atoms with E-state index in [4.69, 9.17) is 9.84 Å². The number of rotatable bonds is 3. The van der Waals surface area contributed by atoms with Gasteiger partial charge < -0.3 is 15.0 Å². The maximum absolute atomic E-state index is 12.5. The highest BCUT2D eigenvalue weighted by molar-refractivity contribution is 5.70. The van der Waals surface area contributed by atoms with E-state index >= 15 is 0 Å². The molecule has 144 valence electrons. The molecule has 0 spiro atoms. The zero-order valence-electron chi connectivity index (χ0n) is 16.6. The van der Waals surface area contributed by atoms with Gasteiger partial charge in [0.2, 0.25) is 0 Å². The normalized spacial score (nSPS) is 16.8. The minimum atomic E-state index is -0.488. The summed E-state index contributed by atoms with van der Waals surface area (Å²) >= 11 is 0. The van der Waals surface area contributed by atoms with Crippen LogP contribution in [0.1, 0.15) is 56.5 Å². The van der Waals surface area contributed by atoms with Gasteiger partial charge in [0, 0.05) is 24.2 Å². The lowest BCUT2D eigenvalue weighted by Gasteiger charge is -2.30. The zero-order valence-corrected chi connectivity index (χ0v) is 16.6. The Hall–Kier alpha value is -2.50. The SMILES string of the molecule is Cc1cccc(Nc2c3c(nn2C2CC2)CCN(C(=O)OC(C)(C)C)C3)c1. The van der Waals surface area contributed by atoms with Gasteiger partial charge in [0.15, 0.2) is 0 Å². The van der Waals surface area contributed by atoms with E-state index in [1.54, 1.807) is 4.90 Å². The number of carbonyl (C=O) groups is 1. The van der Waals surface area contributed by atoms with E-state index in [0.717, 1.165) is 29.2 Å². The lowest BCUT2D eigenvalue weighted by atomic mass is 10.1. The predicted molar refractivity (Wildman–Crippen MR) is 105 cm³/mol. The second-order valence-electron chi connectivity index (χ2n) is 8.60. The van der Waals surface area contributed by atoms with Gasteiger partial charge >= 0.3 is 6.09 Å². The summed E-state index contributed by atoms with van der Waals surface area (Å²) in [6, 6.07) is 8.80. The first-order valence-corrected chi connectivity index (χ1v) is 9.72. The molecule has 1 N–H and O–H groups in total. The van der Waals surface area contributed by atoms with E-state index in [-0.39, 0.29) is 6.09 Å². The molecule has 6 heteroatoms. The van der Waals surface area contributed by atoms with Crippen molar-refractivity contribution in [2.75, 3.05) is 11.9 Å². The van der Waals surface area contributed by atoms with Crippen molar-refractivity contribution in [3.05, 3.63) is 41.1 Å². The summed E-state index contributed by atoms with van der Waals surface area (Å²) in [5.41, 5.74) is 3.98. The summed E-state index contributed by atoms with van der Waals surface area (Å²) in [7, 11) is 0. The predicted octanol–water partition coefficient (Wildman–Crippen LogP) is 4.56. The van der Waals surface area contributed by atoms with Crippen LogP contribution in [0.3, 0.4) is 0 Å². The van der Waals surface area contributed by atoms with Gasteiger partial charge in [-0.15, -0.1) is 0 Å². The molecule has 27 heavy (non-hydrogen) atoms. The lowest BCUT2D eigenvalue weighted by Crippen LogP contribution is -2.39. The van der Waals surface area contributed by atoms with Crippen molar-refractivity contribution in [1.29, 1.82) is 0 Å². The zero-order chi connectivity index (χ0) is 19.2. The maximum atomic E-state index is 12.5. The van der Waals surface area contributed by atoms with Crippen molar-refractivity contribution in [3.8, 4) is 0 Å². The Bertz CT molecular complexity index is 862. The molecule has 4 rings (SSSR count). The molecule has 1 aromatic carbocycles. The smallest absolute Gasteiger partial charge is 0.410 e. The van der Waals surface area contributed by atoms with Crippen molar-refractivity contribution in [2.24, 2.45) is 0 Å². The summed E-state index contributed by atoms with van der Waals surface area (Å²) in [4.78, 5) is 14.3. The van der Waals surface area contributed by atoms with E-state index in [2.05, 4.69) is 41.2 Å². The van der Waals surface area contributed by atoms with Gasteiger partial charge in [-0.25, -0.2) is 9.48 Å². The Labute approximate surface area is 160 Å². The van der Waals surface area contributed by atoms with Crippen molar-refractivity contribution in [3.63, 3.8) is 0 Å². The third kappa shape index (κ3) is 3.94. The number of carbonyl (C=O) groups excluding carboxylic acids is 1. The van der Waals surface area contributed by atoms with Gasteiger partial charge in [-0.1, -0.05) is 12.1 Å². The monoisotopic (exact) mass is 368 g/mol. The number of ether oxygens (including phenoxy) is 1. The Morgan fingerprint density at radius 2 is 2.07 bits per heavy atom. The Balaban J connectivity index is 1.62. The molecule has 1 amide bonds. The van der Waals surface area contributed by atoms with Crippen molar-refractivity contribution < 1.29 is 9.53 Å². The van der Waals surface area contributed by atoms with Crippen LogP contribution in [0.2, 0.25) is 0 Å². The molecule has 1 saturated carbocycles. The Morgan fingerprint density at radius 3 is 2.74 bits per heavy atom. The molecule has 0 unspecified atom stereocenters. The number of nitrogens with zero attached hydrogens (tertiary/aromatic N) is 3. The van der Waals surface area contributed by atoms with E-state index in [0.29, 0.717) is 19.1 Å². The van der Waals surface area contributed by atoms with Gasteiger partial charge in [0.25, 0.3) is 0 Å². The number of hydrogen-bond donors (Lipinski definition) is 1. The highest BCUT2D eigenvalue weighted by Crippen LogP contribution is 2.40. The van der Waals surface area contributed by atoms with Crippen LogP contribution in [-0.2, 0) is 17.7 Å². The first-order valence-electron chi connectivity index (χ1n) is 9.72. The first kappa shape index (κ1) is 17.9. The molecular formula is C21H28N4O2. The number of hydrogen-bond acceptors (Lipinski definition) is 4. The average molecular weight is 368 g/mol. The molecule has 1 fully saturated rings. The molecule has 0 radical (unpaired) electrons. The summed E-state index contributed by atoms with van der Waals surface area (Å²) in [6.45, 7) is 8.96. The molecule has 0 saturated heterocycles. The van der Waals surface area contributed by atoms with Gasteiger partial charge in [0.05, 0.1) is 18.3 Å². The molecule has 1 aliphatic heterocycles. The maximum Gasteiger partial charge on any atom is 0.410 e. The highest BCUT2D eigenvalue weighted by atomic mass is 16.6. The summed E-state index contributed by atoms with van der Waals surface area (Å²) in [5.74, 6) is 1.02.